The molecule has 1 unspecified atom stereocenters. The van der Waals surface area contributed by atoms with Crippen LogP contribution < -0.4 is 10.1 Å². The maximum absolute atomic E-state index is 11.6. The van der Waals surface area contributed by atoms with E-state index in [2.05, 4.69) is 10.1 Å². The van der Waals surface area contributed by atoms with Gasteiger partial charge in [-0.1, -0.05) is 18.2 Å². The van der Waals surface area contributed by atoms with Gasteiger partial charge in [0, 0.05) is 12.5 Å². The van der Waals surface area contributed by atoms with Crippen LogP contribution in [0.15, 0.2) is 24.3 Å². The summed E-state index contributed by atoms with van der Waals surface area (Å²) in [5.74, 6) is -0.964. The van der Waals surface area contributed by atoms with Crippen LogP contribution in [0.25, 0.3) is 0 Å². The van der Waals surface area contributed by atoms with E-state index in [0.717, 1.165) is 0 Å². The Bertz CT molecular complexity index is 458. The highest BCUT2D eigenvalue weighted by atomic mass is 16.5. The smallest absolute Gasteiger partial charge is 0.333 e. The van der Waals surface area contributed by atoms with E-state index in [1.165, 1.54) is 20.1 Å². The molecule has 1 amide bonds. The number of methoxy groups -OCH3 is 1. The molecule has 0 aliphatic carbocycles. The lowest BCUT2D eigenvalue weighted by molar-refractivity contribution is -0.144. The summed E-state index contributed by atoms with van der Waals surface area (Å²) in [7, 11) is 1.20. The highest BCUT2D eigenvalue weighted by Gasteiger charge is 2.24. The molecule has 1 N–H and O–H groups in total. The fourth-order valence-electron chi connectivity index (χ4n) is 1.44. The topological polar surface area (TPSA) is 81.7 Å². The molecule has 1 aromatic rings. The zero-order valence-electron chi connectivity index (χ0n) is 10.0. The van der Waals surface area contributed by atoms with Crippen LogP contribution in [-0.4, -0.2) is 25.5 Å². The summed E-state index contributed by atoms with van der Waals surface area (Å²) in [5.41, 5.74) is 0.353. The van der Waals surface area contributed by atoms with Crippen LogP contribution in [0, 0.1) is 0 Å². The predicted octanol–water partition coefficient (Wildman–Crippen LogP) is 0.572. The Balaban J connectivity index is 3.14. The van der Waals surface area contributed by atoms with Gasteiger partial charge in [0.1, 0.15) is 5.75 Å². The molecular weight excluding hydrogens is 238 g/mol. The van der Waals surface area contributed by atoms with E-state index < -0.39 is 18.0 Å². The molecule has 0 radical (unpaired) electrons. The Morgan fingerprint density at radius 3 is 2.56 bits per heavy atom. The second-order valence-electron chi connectivity index (χ2n) is 3.37. The van der Waals surface area contributed by atoms with Gasteiger partial charge in [0.2, 0.25) is 6.41 Å². The zero-order chi connectivity index (χ0) is 13.5. The monoisotopic (exact) mass is 251 g/mol. The second-order valence-corrected chi connectivity index (χ2v) is 3.37. The van der Waals surface area contributed by atoms with Crippen molar-refractivity contribution >= 4 is 18.3 Å². The van der Waals surface area contributed by atoms with Gasteiger partial charge in [-0.2, -0.15) is 0 Å². The number of esters is 2. The lowest BCUT2D eigenvalue weighted by Crippen LogP contribution is -2.29. The van der Waals surface area contributed by atoms with Gasteiger partial charge < -0.3 is 14.8 Å². The molecule has 0 aromatic heterocycles. The van der Waals surface area contributed by atoms with E-state index in [1.807, 2.05) is 0 Å². The third-order valence-electron chi connectivity index (χ3n) is 2.16. The number of nitrogens with one attached hydrogen (secondary N) is 1. The zero-order valence-corrected chi connectivity index (χ0v) is 10.0. The van der Waals surface area contributed by atoms with Crippen LogP contribution in [-0.2, 0) is 19.1 Å². The van der Waals surface area contributed by atoms with E-state index in [9.17, 15) is 14.4 Å². The number of ether oxygens (including phenoxy) is 2. The average Bonchev–Trinajstić information content (AvgIpc) is 2.35. The number of carbonyl (C=O) groups excluding carboxylic acids is 3. The van der Waals surface area contributed by atoms with E-state index >= 15 is 0 Å². The first-order chi connectivity index (χ1) is 8.60. The molecule has 0 aliphatic rings. The van der Waals surface area contributed by atoms with Gasteiger partial charge in [0.15, 0.2) is 6.04 Å². The standard InChI is InChI=1S/C12H13NO5/c1-8(15)18-10-6-4-3-5-9(10)11(13-7-14)12(16)17-2/h3-7,11H,1-2H3,(H,13,14). The average molecular weight is 251 g/mol. The first-order valence-corrected chi connectivity index (χ1v) is 5.15. The first-order valence-electron chi connectivity index (χ1n) is 5.15. The molecule has 1 rings (SSSR count). The van der Waals surface area contributed by atoms with Crippen molar-refractivity contribution in [3.63, 3.8) is 0 Å². The van der Waals surface area contributed by atoms with Gasteiger partial charge in [-0.05, 0) is 6.07 Å². The van der Waals surface area contributed by atoms with Crippen molar-refractivity contribution in [1.29, 1.82) is 0 Å². The number of hydrogen-bond acceptors (Lipinski definition) is 5. The summed E-state index contributed by atoms with van der Waals surface area (Å²) in [6, 6.07) is 5.39. The third kappa shape index (κ3) is 3.31. The normalized spacial score (nSPS) is 11.2. The van der Waals surface area contributed by atoms with Gasteiger partial charge in [-0.3, -0.25) is 9.59 Å². The Labute approximate surface area is 104 Å². The maximum atomic E-state index is 11.6. The SMILES string of the molecule is COC(=O)C(NC=O)c1ccccc1OC(C)=O. The molecule has 96 valence electrons. The molecular formula is C12H13NO5. The van der Waals surface area contributed by atoms with E-state index in [4.69, 9.17) is 4.74 Å². The number of para-hydroxylation sites is 1. The fourth-order valence-corrected chi connectivity index (χ4v) is 1.44. The molecule has 0 bridgehead atoms. The Kier molecular flexibility index (Phi) is 4.86. The number of carbonyl (C=O) groups is 3. The van der Waals surface area contributed by atoms with Crippen molar-refractivity contribution in [2.45, 2.75) is 13.0 Å². The van der Waals surface area contributed by atoms with Crippen LogP contribution in [0.3, 0.4) is 0 Å². The molecule has 1 aromatic carbocycles. The largest absolute Gasteiger partial charge is 0.467 e. The van der Waals surface area contributed by atoms with Gasteiger partial charge >= 0.3 is 11.9 Å². The molecule has 18 heavy (non-hydrogen) atoms. The number of hydrogen-bond donors (Lipinski definition) is 1. The highest BCUT2D eigenvalue weighted by Crippen LogP contribution is 2.25. The quantitative estimate of drug-likeness (QED) is 0.470. The predicted molar refractivity (Wildman–Crippen MR) is 61.7 cm³/mol. The van der Waals surface area contributed by atoms with Crippen molar-refractivity contribution in [2.75, 3.05) is 7.11 Å². The molecule has 1 atom stereocenters. The van der Waals surface area contributed by atoms with Crippen molar-refractivity contribution in [2.24, 2.45) is 0 Å². The van der Waals surface area contributed by atoms with Crippen LogP contribution >= 0.6 is 0 Å². The van der Waals surface area contributed by atoms with Gasteiger partial charge in [0.05, 0.1) is 7.11 Å². The van der Waals surface area contributed by atoms with E-state index in [0.29, 0.717) is 12.0 Å². The maximum Gasteiger partial charge on any atom is 0.333 e. The minimum Gasteiger partial charge on any atom is -0.467 e. The summed E-state index contributed by atoms with van der Waals surface area (Å²) < 4.78 is 9.54. The molecule has 0 spiro atoms. The summed E-state index contributed by atoms with van der Waals surface area (Å²) in [6.45, 7) is 1.25. The van der Waals surface area contributed by atoms with Crippen molar-refractivity contribution in [3.8, 4) is 5.75 Å². The number of benzene rings is 1. The first kappa shape index (κ1) is 13.7. The molecule has 0 saturated heterocycles. The Morgan fingerprint density at radius 1 is 1.33 bits per heavy atom. The van der Waals surface area contributed by atoms with Crippen LogP contribution in [0.4, 0.5) is 0 Å². The minimum atomic E-state index is -1.01. The molecule has 0 saturated carbocycles. The van der Waals surface area contributed by atoms with Crippen LogP contribution in [0.5, 0.6) is 5.75 Å². The van der Waals surface area contributed by atoms with E-state index in [1.54, 1.807) is 18.2 Å². The van der Waals surface area contributed by atoms with Crippen molar-refractivity contribution in [1.82, 2.24) is 5.32 Å². The lowest BCUT2D eigenvalue weighted by Gasteiger charge is -2.16. The number of amides is 1. The van der Waals surface area contributed by atoms with E-state index in [-0.39, 0.29) is 5.75 Å². The summed E-state index contributed by atoms with van der Waals surface area (Å²) in [5, 5.41) is 2.32. The highest BCUT2D eigenvalue weighted by molar-refractivity contribution is 5.81. The molecule has 6 nitrogen and oxygen atoms in total. The summed E-state index contributed by atoms with van der Waals surface area (Å²) in [6.07, 6.45) is 0.381. The Hall–Kier alpha value is -2.37. The lowest BCUT2D eigenvalue weighted by atomic mass is 10.1. The van der Waals surface area contributed by atoms with Gasteiger partial charge in [0.25, 0.3) is 0 Å². The van der Waals surface area contributed by atoms with Gasteiger partial charge in [-0.25, -0.2) is 4.79 Å². The fraction of sp³-hybridized carbons (Fsp3) is 0.250. The van der Waals surface area contributed by atoms with Crippen LogP contribution in [0.2, 0.25) is 0 Å². The molecule has 6 heteroatoms. The van der Waals surface area contributed by atoms with Crippen molar-refractivity contribution in [3.05, 3.63) is 29.8 Å². The molecule has 0 heterocycles. The molecule has 0 aliphatic heterocycles. The van der Waals surface area contributed by atoms with Gasteiger partial charge in [-0.15, -0.1) is 0 Å². The summed E-state index contributed by atoms with van der Waals surface area (Å²) in [4.78, 5) is 33.0. The number of rotatable bonds is 5. The van der Waals surface area contributed by atoms with Crippen LogP contribution in [0.1, 0.15) is 18.5 Å². The minimum absolute atomic E-state index is 0.203. The molecule has 0 fully saturated rings. The Morgan fingerprint density at radius 2 is 2.00 bits per heavy atom. The third-order valence-corrected chi connectivity index (χ3v) is 2.16. The summed E-state index contributed by atoms with van der Waals surface area (Å²) >= 11 is 0. The second kappa shape index (κ2) is 6.39. The van der Waals surface area contributed by atoms with Crippen molar-refractivity contribution < 1.29 is 23.9 Å².